The fourth-order valence-electron chi connectivity index (χ4n) is 2.16. The highest BCUT2D eigenvalue weighted by Gasteiger charge is 2.25. The molecule has 23 heavy (non-hydrogen) atoms. The van der Waals surface area contributed by atoms with Crippen LogP contribution in [-0.2, 0) is 14.6 Å². The van der Waals surface area contributed by atoms with Crippen molar-refractivity contribution in [3.05, 3.63) is 54.1 Å². The van der Waals surface area contributed by atoms with Crippen molar-refractivity contribution < 1.29 is 22.7 Å². The van der Waals surface area contributed by atoms with E-state index < -0.39 is 9.84 Å². The molecule has 0 unspecified atom stereocenters. The summed E-state index contributed by atoms with van der Waals surface area (Å²) < 4.78 is 35.9. The molecule has 0 saturated carbocycles. The lowest BCUT2D eigenvalue weighted by Crippen LogP contribution is -2.09. The van der Waals surface area contributed by atoms with Crippen molar-refractivity contribution in [2.24, 2.45) is 0 Å². The maximum Gasteiger partial charge on any atom is 0.206 e. The Morgan fingerprint density at radius 1 is 1.17 bits per heavy atom. The smallest absolute Gasteiger partial charge is 0.206 e. The quantitative estimate of drug-likeness (QED) is 0.600. The fourth-order valence-corrected chi connectivity index (χ4v) is 3.47. The van der Waals surface area contributed by atoms with Gasteiger partial charge in [-0.25, -0.2) is 8.42 Å². The van der Waals surface area contributed by atoms with E-state index in [0.29, 0.717) is 19.0 Å². The van der Waals surface area contributed by atoms with Gasteiger partial charge in [-0.05, 0) is 37.3 Å². The van der Waals surface area contributed by atoms with Crippen LogP contribution in [0.3, 0.4) is 0 Å². The zero-order chi connectivity index (χ0) is 16.4. The summed E-state index contributed by atoms with van der Waals surface area (Å²) >= 11 is 0. The first-order valence-corrected chi connectivity index (χ1v) is 8.66. The van der Waals surface area contributed by atoms with Crippen LogP contribution < -0.4 is 4.74 Å². The standard InChI is InChI=1S/C17H16O5S/c1-12(18)16-9-15(7-8-17(16)22-11-13-10-21-13)23(19,20)14-5-3-2-4-6-14/h2-9,13H,10-11H2,1H3/t13-/m0/s1. The molecule has 0 spiro atoms. The summed E-state index contributed by atoms with van der Waals surface area (Å²) in [5.41, 5.74) is 0.252. The van der Waals surface area contributed by atoms with Crippen LogP contribution in [0.15, 0.2) is 58.3 Å². The number of hydrogen-bond donors (Lipinski definition) is 0. The van der Waals surface area contributed by atoms with E-state index in [9.17, 15) is 13.2 Å². The minimum absolute atomic E-state index is 0.0579. The van der Waals surface area contributed by atoms with E-state index in [1.54, 1.807) is 18.2 Å². The first kappa shape index (κ1) is 15.7. The van der Waals surface area contributed by atoms with Gasteiger partial charge in [0.15, 0.2) is 5.78 Å². The summed E-state index contributed by atoms with van der Waals surface area (Å²) in [7, 11) is -3.66. The third kappa shape index (κ3) is 3.43. The molecule has 0 bridgehead atoms. The zero-order valence-electron chi connectivity index (χ0n) is 12.6. The van der Waals surface area contributed by atoms with Crippen molar-refractivity contribution in [3.8, 4) is 5.75 Å². The van der Waals surface area contributed by atoms with Crippen LogP contribution in [0.4, 0.5) is 0 Å². The van der Waals surface area contributed by atoms with Gasteiger partial charge < -0.3 is 9.47 Å². The van der Waals surface area contributed by atoms with Crippen molar-refractivity contribution >= 4 is 15.6 Å². The number of ketones is 1. The highest BCUT2D eigenvalue weighted by Crippen LogP contribution is 2.28. The molecule has 3 rings (SSSR count). The number of Topliss-reactive ketones (excluding diaryl/α,β-unsaturated/α-hetero) is 1. The third-order valence-corrected chi connectivity index (χ3v) is 5.29. The third-order valence-electron chi connectivity index (χ3n) is 3.52. The molecule has 2 aromatic rings. The molecule has 0 radical (unpaired) electrons. The topological polar surface area (TPSA) is 73.0 Å². The van der Waals surface area contributed by atoms with Gasteiger partial charge in [-0.2, -0.15) is 0 Å². The summed E-state index contributed by atoms with van der Waals surface area (Å²) in [4.78, 5) is 12.1. The molecule has 1 fully saturated rings. The average Bonchev–Trinajstić information content (AvgIpc) is 3.37. The van der Waals surface area contributed by atoms with Crippen molar-refractivity contribution in [3.63, 3.8) is 0 Å². The lowest BCUT2D eigenvalue weighted by Gasteiger charge is -2.11. The van der Waals surface area contributed by atoms with Crippen LogP contribution in [-0.4, -0.2) is 33.5 Å². The van der Waals surface area contributed by atoms with Gasteiger partial charge in [0.2, 0.25) is 9.84 Å². The second-order valence-electron chi connectivity index (χ2n) is 5.30. The Kier molecular flexibility index (Phi) is 4.19. The number of benzene rings is 2. The molecular weight excluding hydrogens is 316 g/mol. The molecule has 0 aliphatic carbocycles. The molecule has 1 heterocycles. The number of sulfone groups is 1. The molecule has 0 aromatic heterocycles. The maximum absolute atomic E-state index is 12.6. The molecule has 0 N–H and O–H groups in total. The van der Waals surface area contributed by atoms with E-state index in [1.165, 1.54) is 37.3 Å². The van der Waals surface area contributed by atoms with E-state index in [1.807, 2.05) is 0 Å². The largest absolute Gasteiger partial charge is 0.490 e. The van der Waals surface area contributed by atoms with E-state index in [0.717, 1.165) is 0 Å². The van der Waals surface area contributed by atoms with Gasteiger partial charge in [0.1, 0.15) is 18.5 Å². The summed E-state index contributed by atoms with van der Waals surface area (Å²) in [6.45, 7) is 2.38. The molecule has 5 nitrogen and oxygen atoms in total. The molecule has 0 amide bonds. The number of rotatable bonds is 6. The Bertz CT molecular complexity index is 823. The molecule has 2 aromatic carbocycles. The zero-order valence-corrected chi connectivity index (χ0v) is 13.4. The van der Waals surface area contributed by atoms with Crippen molar-refractivity contribution in [1.29, 1.82) is 0 Å². The summed E-state index contributed by atoms with van der Waals surface area (Å²) in [6.07, 6.45) is 0.0579. The van der Waals surface area contributed by atoms with E-state index in [4.69, 9.17) is 9.47 Å². The number of carbonyl (C=O) groups excluding carboxylic acids is 1. The van der Waals surface area contributed by atoms with E-state index in [2.05, 4.69) is 0 Å². The molecule has 1 aliphatic heterocycles. The van der Waals surface area contributed by atoms with E-state index >= 15 is 0 Å². The Morgan fingerprint density at radius 3 is 2.48 bits per heavy atom. The molecule has 1 atom stereocenters. The normalized spacial score (nSPS) is 16.8. The molecule has 1 saturated heterocycles. The van der Waals surface area contributed by atoms with Gasteiger partial charge in [0.25, 0.3) is 0 Å². The predicted molar refractivity (Wildman–Crippen MR) is 83.6 cm³/mol. The average molecular weight is 332 g/mol. The van der Waals surface area contributed by atoms with Crippen LogP contribution in [0, 0.1) is 0 Å². The van der Waals surface area contributed by atoms with Gasteiger partial charge in [0.05, 0.1) is 22.0 Å². The van der Waals surface area contributed by atoms with E-state index in [-0.39, 0.29) is 27.2 Å². The Hall–Kier alpha value is -2.18. The van der Waals surface area contributed by atoms with Gasteiger partial charge in [0, 0.05) is 0 Å². The van der Waals surface area contributed by atoms with Gasteiger partial charge in [-0.1, -0.05) is 18.2 Å². The van der Waals surface area contributed by atoms with Crippen LogP contribution in [0.25, 0.3) is 0 Å². The first-order valence-electron chi connectivity index (χ1n) is 7.18. The highest BCUT2D eigenvalue weighted by atomic mass is 32.2. The molecular formula is C17H16O5S. The second kappa shape index (κ2) is 6.14. The monoisotopic (exact) mass is 332 g/mol. The van der Waals surface area contributed by atoms with Crippen molar-refractivity contribution in [1.82, 2.24) is 0 Å². The predicted octanol–water partition coefficient (Wildman–Crippen LogP) is 2.50. The number of ether oxygens (including phenoxy) is 2. The molecule has 1 aliphatic rings. The first-order chi connectivity index (χ1) is 11.0. The van der Waals surface area contributed by atoms with Crippen LogP contribution in [0.2, 0.25) is 0 Å². The molecule has 120 valence electrons. The lowest BCUT2D eigenvalue weighted by molar-refractivity contribution is 0.101. The van der Waals surface area contributed by atoms with Crippen molar-refractivity contribution in [2.45, 2.75) is 22.8 Å². The summed E-state index contributed by atoms with van der Waals surface area (Å²) in [5.74, 6) is 0.127. The lowest BCUT2D eigenvalue weighted by atomic mass is 10.1. The number of carbonyl (C=O) groups is 1. The minimum Gasteiger partial charge on any atom is -0.490 e. The SMILES string of the molecule is CC(=O)c1cc(S(=O)(=O)c2ccccc2)ccc1OC[C@@H]1CO1. The number of hydrogen-bond acceptors (Lipinski definition) is 5. The van der Waals surface area contributed by atoms with Crippen molar-refractivity contribution in [2.75, 3.05) is 13.2 Å². The molecule has 6 heteroatoms. The van der Waals surface area contributed by atoms with Gasteiger partial charge >= 0.3 is 0 Å². The Balaban J connectivity index is 1.97. The van der Waals surface area contributed by atoms with Gasteiger partial charge in [-0.3, -0.25) is 4.79 Å². The van der Waals surface area contributed by atoms with Gasteiger partial charge in [-0.15, -0.1) is 0 Å². The summed E-state index contributed by atoms with van der Waals surface area (Å²) in [5, 5.41) is 0. The second-order valence-corrected chi connectivity index (χ2v) is 7.25. The van der Waals surface area contributed by atoms with Crippen LogP contribution in [0.1, 0.15) is 17.3 Å². The maximum atomic E-state index is 12.6. The number of epoxide rings is 1. The fraction of sp³-hybridized carbons (Fsp3) is 0.235. The minimum atomic E-state index is -3.66. The summed E-state index contributed by atoms with van der Waals surface area (Å²) in [6, 6.07) is 12.5. The highest BCUT2D eigenvalue weighted by molar-refractivity contribution is 7.91. The Labute approximate surface area is 134 Å². The van der Waals surface area contributed by atoms with Crippen LogP contribution >= 0.6 is 0 Å². The Morgan fingerprint density at radius 2 is 1.87 bits per heavy atom. The van der Waals surface area contributed by atoms with Crippen LogP contribution in [0.5, 0.6) is 5.75 Å².